The molecule has 0 saturated carbocycles. The van der Waals surface area contributed by atoms with E-state index in [1.54, 1.807) is 6.07 Å². The van der Waals surface area contributed by atoms with Gasteiger partial charge in [-0.1, -0.05) is 18.5 Å². The van der Waals surface area contributed by atoms with E-state index >= 15 is 0 Å². The summed E-state index contributed by atoms with van der Waals surface area (Å²) in [6.45, 7) is 5.41. The summed E-state index contributed by atoms with van der Waals surface area (Å²) in [5.41, 5.74) is 6.32. The minimum atomic E-state index is 0.241. The summed E-state index contributed by atoms with van der Waals surface area (Å²) in [4.78, 5) is 2.40. The Morgan fingerprint density at radius 1 is 1.53 bits per heavy atom. The van der Waals surface area contributed by atoms with E-state index in [1.165, 1.54) is 13.0 Å². The number of rotatable bonds is 3. The SMILES string of the molecule is CCN1CCCC(Oc2ccc(N)cc2Cl)C1. The van der Waals surface area contributed by atoms with Crippen LogP contribution in [0, 0.1) is 0 Å². The van der Waals surface area contributed by atoms with E-state index in [9.17, 15) is 0 Å². The van der Waals surface area contributed by atoms with Crippen molar-refractivity contribution >= 4 is 17.3 Å². The minimum absolute atomic E-state index is 0.241. The number of ether oxygens (including phenoxy) is 1. The summed E-state index contributed by atoms with van der Waals surface area (Å²) in [6, 6.07) is 5.40. The second-order valence-electron chi connectivity index (χ2n) is 4.47. The third kappa shape index (κ3) is 3.27. The Hall–Kier alpha value is -0.930. The molecule has 1 aliphatic heterocycles. The molecule has 0 aromatic heterocycles. The molecule has 0 spiro atoms. The fraction of sp³-hybridized carbons (Fsp3) is 0.538. The minimum Gasteiger partial charge on any atom is -0.488 e. The van der Waals surface area contributed by atoms with Crippen molar-refractivity contribution < 1.29 is 4.74 Å². The number of piperidine rings is 1. The molecular weight excluding hydrogens is 236 g/mol. The molecule has 1 aromatic rings. The van der Waals surface area contributed by atoms with Gasteiger partial charge in [-0.15, -0.1) is 0 Å². The molecule has 2 N–H and O–H groups in total. The third-order valence-electron chi connectivity index (χ3n) is 3.16. The van der Waals surface area contributed by atoms with E-state index < -0.39 is 0 Å². The Bertz CT molecular complexity index is 384. The van der Waals surface area contributed by atoms with Crippen LogP contribution in [-0.4, -0.2) is 30.6 Å². The number of nitrogen functional groups attached to an aromatic ring is 1. The fourth-order valence-corrected chi connectivity index (χ4v) is 2.42. The highest BCUT2D eigenvalue weighted by Crippen LogP contribution is 2.28. The first-order chi connectivity index (χ1) is 8.19. The Morgan fingerprint density at radius 2 is 2.35 bits per heavy atom. The number of anilines is 1. The van der Waals surface area contributed by atoms with Gasteiger partial charge in [0, 0.05) is 12.2 Å². The van der Waals surface area contributed by atoms with Crippen LogP contribution < -0.4 is 10.5 Å². The molecule has 0 amide bonds. The number of likely N-dealkylation sites (N-methyl/N-ethyl adjacent to an activating group) is 1. The second kappa shape index (κ2) is 5.61. The van der Waals surface area contributed by atoms with E-state index in [0.717, 1.165) is 25.3 Å². The number of hydrogen-bond donors (Lipinski definition) is 1. The maximum absolute atomic E-state index is 6.10. The zero-order valence-corrected chi connectivity index (χ0v) is 10.9. The first-order valence-electron chi connectivity index (χ1n) is 6.13. The smallest absolute Gasteiger partial charge is 0.138 e. The molecule has 94 valence electrons. The van der Waals surface area contributed by atoms with Gasteiger partial charge in [-0.05, 0) is 44.1 Å². The molecule has 1 atom stereocenters. The average molecular weight is 255 g/mol. The van der Waals surface area contributed by atoms with Gasteiger partial charge in [0.25, 0.3) is 0 Å². The molecule has 1 saturated heterocycles. The molecule has 1 aliphatic rings. The number of hydrogen-bond acceptors (Lipinski definition) is 3. The highest BCUT2D eigenvalue weighted by atomic mass is 35.5. The average Bonchev–Trinajstić information content (AvgIpc) is 2.33. The molecule has 3 nitrogen and oxygen atoms in total. The molecule has 0 aliphatic carbocycles. The van der Waals surface area contributed by atoms with Crippen LogP contribution in [0.15, 0.2) is 18.2 Å². The summed E-state index contributed by atoms with van der Waals surface area (Å²) >= 11 is 6.10. The van der Waals surface area contributed by atoms with Gasteiger partial charge in [0.15, 0.2) is 0 Å². The lowest BCUT2D eigenvalue weighted by molar-refractivity contribution is 0.0920. The van der Waals surface area contributed by atoms with Crippen LogP contribution >= 0.6 is 11.6 Å². The predicted molar refractivity (Wildman–Crippen MR) is 71.6 cm³/mol. The molecule has 2 rings (SSSR count). The highest BCUT2D eigenvalue weighted by molar-refractivity contribution is 6.32. The number of benzene rings is 1. The van der Waals surface area contributed by atoms with Gasteiger partial charge in [0.2, 0.25) is 0 Å². The molecule has 1 fully saturated rings. The number of nitrogens with two attached hydrogens (primary N) is 1. The lowest BCUT2D eigenvalue weighted by Crippen LogP contribution is -2.40. The van der Waals surface area contributed by atoms with Crippen molar-refractivity contribution in [3.05, 3.63) is 23.2 Å². The van der Waals surface area contributed by atoms with Gasteiger partial charge in [-0.25, -0.2) is 0 Å². The van der Waals surface area contributed by atoms with Gasteiger partial charge < -0.3 is 10.5 Å². The normalized spacial score (nSPS) is 21.4. The van der Waals surface area contributed by atoms with Crippen molar-refractivity contribution in [2.45, 2.75) is 25.9 Å². The summed E-state index contributed by atoms with van der Waals surface area (Å²) in [5, 5.41) is 0.596. The number of nitrogens with zero attached hydrogens (tertiary/aromatic N) is 1. The standard InChI is InChI=1S/C13H19ClN2O/c1-2-16-7-3-4-11(9-16)17-13-6-5-10(15)8-12(13)14/h5-6,8,11H,2-4,7,9,15H2,1H3. The van der Waals surface area contributed by atoms with Gasteiger partial charge in [0.05, 0.1) is 5.02 Å². The highest BCUT2D eigenvalue weighted by Gasteiger charge is 2.20. The van der Waals surface area contributed by atoms with Gasteiger partial charge in [-0.3, -0.25) is 4.90 Å². The molecule has 17 heavy (non-hydrogen) atoms. The first kappa shape index (κ1) is 12.5. The molecule has 4 heteroatoms. The number of likely N-dealkylation sites (tertiary alicyclic amines) is 1. The summed E-state index contributed by atoms with van der Waals surface area (Å²) in [5.74, 6) is 0.740. The van der Waals surface area contributed by atoms with Crippen LogP contribution in [0.3, 0.4) is 0 Å². The lowest BCUT2D eigenvalue weighted by atomic mass is 10.1. The topological polar surface area (TPSA) is 38.5 Å². The van der Waals surface area contributed by atoms with Crippen LogP contribution in [0.25, 0.3) is 0 Å². The Kier molecular flexibility index (Phi) is 4.13. The monoisotopic (exact) mass is 254 g/mol. The van der Waals surface area contributed by atoms with Gasteiger partial charge in [0.1, 0.15) is 11.9 Å². The van der Waals surface area contributed by atoms with E-state index in [-0.39, 0.29) is 6.10 Å². The van der Waals surface area contributed by atoms with E-state index in [4.69, 9.17) is 22.1 Å². The van der Waals surface area contributed by atoms with Gasteiger partial charge >= 0.3 is 0 Å². The maximum atomic E-state index is 6.10. The van der Waals surface area contributed by atoms with Crippen molar-refractivity contribution in [2.75, 3.05) is 25.4 Å². The molecule has 1 aromatic carbocycles. The maximum Gasteiger partial charge on any atom is 0.138 e. The van der Waals surface area contributed by atoms with Crippen LogP contribution in [0.1, 0.15) is 19.8 Å². The van der Waals surface area contributed by atoms with Crippen LogP contribution in [-0.2, 0) is 0 Å². The largest absolute Gasteiger partial charge is 0.488 e. The van der Waals surface area contributed by atoms with E-state index in [0.29, 0.717) is 10.7 Å². The van der Waals surface area contributed by atoms with Crippen molar-refractivity contribution in [2.24, 2.45) is 0 Å². The number of halogens is 1. The Labute approximate surface area is 107 Å². The summed E-state index contributed by atoms with van der Waals surface area (Å²) in [7, 11) is 0. The zero-order chi connectivity index (χ0) is 12.3. The van der Waals surface area contributed by atoms with E-state index in [1.807, 2.05) is 12.1 Å². The second-order valence-corrected chi connectivity index (χ2v) is 4.87. The Morgan fingerprint density at radius 3 is 3.06 bits per heavy atom. The third-order valence-corrected chi connectivity index (χ3v) is 3.45. The van der Waals surface area contributed by atoms with Crippen molar-refractivity contribution in [1.82, 2.24) is 4.90 Å². The molecular formula is C13H19ClN2O. The molecule has 0 bridgehead atoms. The van der Waals surface area contributed by atoms with Crippen LogP contribution in [0.2, 0.25) is 5.02 Å². The molecule has 0 radical (unpaired) electrons. The van der Waals surface area contributed by atoms with Crippen LogP contribution in [0.4, 0.5) is 5.69 Å². The summed E-state index contributed by atoms with van der Waals surface area (Å²) < 4.78 is 5.94. The van der Waals surface area contributed by atoms with Gasteiger partial charge in [-0.2, -0.15) is 0 Å². The quantitative estimate of drug-likeness (QED) is 0.843. The first-order valence-corrected chi connectivity index (χ1v) is 6.51. The molecule has 1 heterocycles. The molecule has 1 unspecified atom stereocenters. The predicted octanol–water partition coefficient (Wildman–Crippen LogP) is 2.79. The lowest BCUT2D eigenvalue weighted by Gasteiger charge is -2.32. The van der Waals surface area contributed by atoms with Crippen LogP contribution in [0.5, 0.6) is 5.75 Å². The van der Waals surface area contributed by atoms with Crippen molar-refractivity contribution in [3.63, 3.8) is 0 Å². The van der Waals surface area contributed by atoms with Crippen molar-refractivity contribution in [1.29, 1.82) is 0 Å². The fourth-order valence-electron chi connectivity index (χ4n) is 2.19. The van der Waals surface area contributed by atoms with Crippen molar-refractivity contribution in [3.8, 4) is 5.75 Å². The Balaban J connectivity index is 2.00. The van der Waals surface area contributed by atoms with E-state index in [2.05, 4.69) is 11.8 Å². The summed E-state index contributed by atoms with van der Waals surface area (Å²) in [6.07, 6.45) is 2.52. The zero-order valence-electron chi connectivity index (χ0n) is 10.2.